The number of carbonyl (C=O) groups is 1. The molecule has 2 heterocycles. The Bertz CT molecular complexity index is 473. The summed E-state index contributed by atoms with van der Waals surface area (Å²) < 4.78 is 10.7. The molecule has 6 heteroatoms. The normalized spacial score (nSPS) is 34.8. The molecule has 1 aliphatic heterocycles. The van der Waals surface area contributed by atoms with Crippen LogP contribution in [0, 0.1) is 5.92 Å². The predicted molar refractivity (Wildman–Crippen MR) is 64.5 cm³/mol. The lowest BCUT2D eigenvalue weighted by Crippen LogP contribution is -2.18. The van der Waals surface area contributed by atoms with Crippen molar-refractivity contribution >= 4 is 5.97 Å². The monoisotopic (exact) mass is 266 g/mol. The third kappa shape index (κ3) is 2.49. The van der Waals surface area contributed by atoms with Crippen LogP contribution in [0.5, 0.6) is 0 Å². The molecule has 1 saturated heterocycles. The number of aliphatic carboxylic acids is 1. The maximum atomic E-state index is 10.8. The molecule has 0 spiro atoms. The maximum Gasteiger partial charge on any atom is 0.332 e. The molecule has 0 radical (unpaired) electrons. The number of aromatic nitrogens is 2. The third-order valence-corrected chi connectivity index (χ3v) is 4.09. The lowest BCUT2D eigenvalue weighted by atomic mass is 10.1. The highest BCUT2D eigenvalue weighted by Crippen LogP contribution is 2.38. The third-order valence-electron chi connectivity index (χ3n) is 4.09. The number of ether oxygens (including phenoxy) is 1. The Morgan fingerprint density at radius 1 is 1.32 bits per heavy atom. The Labute approximate surface area is 111 Å². The number of nitrogens with zero attached hydrogens (tertiary/aromatic N) is 2. The Hall–Kier alpha value is -1.43. The van der Waals surface area contributed by atoms with Crippen LogP contribution in [0.4, 0.5) is 0 Å². The summed E-state index contributed by atoms with van der Waals surface area (Å²) in [4.78, 5) is 15.2. The first kappa shape index (κ1) is 12.6. The van der Waals surface area contributed by atoms with E-state index in [0.29, 0.717) is 30.6 Å². The molecule has 104 valence electrons. The highest BCUT2D eigenvalue weighted by molar-refractivity contribution is 5.72. The number of carboxylic acid groups (broad SMARTS) is 1. The van der Waals surface area contributed by atoms with Crippen molar-refractivity contribution in [1.29, 1.82) is 0 Å². The summed E-state index contributed by atoms with van der Waals surface area (Å²) in [6.45, 7) is 2.23. The molecule has 6 nitrogen and oxygen atoms in total. The zero-order valence-corrected chi connectivity index (χ0v) is 10.9. The molecule has 4 atom stereocenters. The molecule has 2 aliphatic rings. The molecule has 1 aliphatic carbocycles. The van der Waals surface area contributed by atoms with Gasteiger partial charge in [0, 0.05) is 5.92 Å². The van der Waals surface area contributed by atoms with E-state index in [9.17, 15) is 4.79 Å². The Balaban J connectivity index is 1.67. The minimum Gasteiger partial charge on any atom is -0.479 e. The van der Waals surface area contributed by atoms with Crippen LogP contribution in [-0.2, 0) is 9.53 Å². The van der Waals surface area contributed by atoms with Gasteiger partial charge in [-0.15, -0.1) is 0 Å². The van der Waals surface area contributed by atoms with E-state index in [0.717, 1.165) is 18.7 Å². The number of rotatable bonds is 3. The summed E-state index contributed by atoms with van der Waals surface area (Å²) in [6.07, 6.45) is 3.42. The highest BCUT2D eigenvalue weighted by atomic mass is 16.5. The lowest BCUT2D eigenvalue weighted by molar-refractivity contribution is -0.150. The summed E-state index contributed by atoms with van der Waals surface area (Å²) in [7, 11) is 0. The predicted octanol–water partition coefficient (Wildman–Crippen LogP) is 2.28. The van der Waals surface area contributed by atoms with Crippen LogP contribution in [0.15, 0.2) is 4.52 Å². The zero-order chi connectivity index (χ0) is 13.4. The molecule has 0 aromatic carbocycles. The van der Waals surface area contributed by atoms with E-state index < -0.39 is 12.1 Å². The Morgan fingerprint density at radius 2 is 2.16 bits per heavy atom. The van der Waals surface area contributed by atoms with Crippen molar-refractivity contribution < 1.29 is 19.2 Å². The van der Waals surface area contributed by atoms with Crippen molar-refractivity contribution in [3.05, 3.63) is 11.7 Å². The second-order valence-electron chi connectivity index (χ2n) is 5.63. The zero-order valence-electron chi connectivity index (χ0n) is 10.9. The minimum atomic E-state index is -0.924. The van der Waals surface area contributed by atoms with Gasteiger partial charge < -0.3 is 14.4 Å². The van der Waals surface area contributed by atoms with Crippen LogP contribution in [0.25, 0.3) is 0 Å². The molecule has 19 heavy (non-hydrogen) atoms. The van der Waals surface area contributed by atoms with Crippen LogP contribution in [0.2, 0.25) is 0 Å². The molecule has 0 amide bonds. The second kappa shape index (κ2) is 4.92. The van der Waals surface area contributed by atoms with Crippen molar-refractivity contribution in [1.82, 2.24) is 10.1 Å². The molecule has 3 rings (SSSR count). The summed E-state index contributed by atoms with van der Waals surface area (Å²) in [5.41, 5.74) is 0. The fourth-order valence-corrected chi connectivity index (χ4v) is 2.99. The Morgan fingerprint density at radius 3 is 2.79 bits per heavy atom. The van der Waals surface area contributed by atoms with Gasteiger partial charge in [-0.3, -0.25) is 0 Å². The largest absolute Gasteiger partial charge is 0.479 e. The SMILES string of the molecule is CC1CCC(c2noc(C3CCC(C(=O)O)O3)n2)C1. The van der Waals surface area contributed by atoms with E-state index in [4.69, 9.17) is 14.4 Å². The van der Waals surface area contributed by atoms with Crippen LogP contribution in [0.3, 0.4) is 0 Å². The van der Waals surface area contributed by atoms with E-state index in [-0.39, 0.29) is 6.10 Å². The first-order valence-electron chi connectivity index (χ1n) is 6.85. The average Bonchev–Trinajstić information content (AvgIpc) is 3.07. The first-order valence-corrected chi connectivity index (χ1v) is 6.85. The van der Waals surface area contributed by atoms with Gasteiger partial charge >= 0.3 is 5.97 Å². The van der Waals surface area contributed by atoms with Crippen molar-refractivity contribution in [3.8, 4) is 0 Å². The molecule has 1 N–H and O–H groups in total. The van der Waals surface area contributed by atoms with Crippen LogP contribution in [0.1, 0.15) is 62.8 Å². The molecule has 2 fully saturated rings. The Kier molecular flexibility index (Phi) is 3.26. The lowest BCUT2D eigenvalue weighted by Gasteiger charge is -2.06. The van der Waals surface area contributed by atoms with Crippen molar-refractivity contribution in [2.75, 3.05) is 0 Å². The van der Waals surface area contributed by atoms with Crippen LogP contribution >= 0.6 is 0 Å². The van der Waals surface area contributed by atoms with Gasteiger partial charge in [0.05, 0.1) is 0 Å². The quantitative estimate of drug-likeness (QED) is 0.903. The second-order valence-corrected chi connectivity index (χ2v) is 5.63. The van der Waals surface area contributed by atoms with Gasteiger partial charge in [-0.25, -0.2) is 4.79 Å². The first-order chi connectivity index (χ1) is 9.13. The van der Waals surface area contributed by atoms with E-state index in [1.807, 2.05) is 0 Å². The minimum absolute atomic E-state index is 0.360. The van der Waals surface area contributed by atoms with E-state index >= 15 is 0 Å². The maximum absolute atomic E-state index is 10.8. The number of hydrogen-bond acceptors (Lipinski definition) is 5. The van der Waals surface area contributed by atoms with Crippen molar-refractivity contribution in [2.45, 2.75) is 57.2 Å². The smallest absolute Gasteiger partial charge is 0.332 e. The molecule has 1 aromatic heterocycles. The van der Waals surface area contributed by atoms with Gasteiger partial charge in [-0.05, 0) is 38.0 Å². The summed E-state index contributed by atoms with van der Waals surface area (Å²) in [5.74, 6) is 1.35. The summed E-state index contributed by atoms with van der Waals surface area (Å²) in [6, 6.07) is 0. The molecule has 1 aromatic rings. The summed E-state index contributed by atoms with van der Waals surface area (Å²) in [5, 5.41) is 12.9. The van der Waals surface area contributed by atoms with Gasteiger partial charge in [-0.2, -0.15) is 4.98 Å². The molecular weight excluding hydrogens is 248 g/mol. The fraction of sp³-hybridized carbons (Fsp3) is 0.769. The van der Waals surface area contributed by atoms with Gasteiger partial charge in [-0.1, -0.05) is 12.1 Å². The van der Waals surface area contributed by atoms with Crippen LogP contribution < -0.4 is 0 Å². The van der Waals surface area contributed by atoms with Gasteiger partial charge in [0.15, 0.2) is 11.9 Å². The summed E-state index contributed by atoms with van der Waals surface area (Å²) >= 11 is 0. The topological polar surface area (TPSA) is 85.5 Å². The molecular formula is C13H18N2O4. The molecule has 1 saturated carbocycles. The average molecular weight is 266 g/mol. The van der Waals surface area contributed by atoms with E-state index in [1.54, 1.807) is 0 Å². The van der Waals surface area contributed by atoms with Crippen molar-refractivity contribution in [3.63, 3.8) is 0 Å². The number of hydrogen-bond donors (Lipinski definition) is 1. The van der Waals surface area contributed by atoms with Crippen LogP contribution in [-0.4, -0.2) is 27.3 Å². The van der Waals surface area contributed by atoms with E-state index in [1.165, 1.54) is 6.42 Å². The van der Waals surface area contributed by atoms with Crippen molar-refractivity contribution in [2.24, 2.45) is 5.92 Å². The van der Waals surface area contributed by atoms with Gasteiger partial charge in [0.25, 0.3) is 5.89 Å². The number of carboxylic acids is 1. The van der Waals surface area contributed by atoms with Gasteiger partial charge in [0.1, 0.15) is 6.10 Å². The van der Waals surface area contributed by atoms with Gasteiger partial charge in [0.2, 0.25) is 0 Å². The van der Waals surface area contributed by atoms with E-state index in [2.05, 4.69) is 17.1 Å². The molecule has 4 unspecified atom stereocenters. The molecule has 0 bridgehead atoms. The standard InChI is InChI=1S/C13H18N2O4/c1-7-2-3-8(6-7)11-14-12(19-15-11)9-4-5-10(18-9)13(16)17/h7-10H,2-6H2,1H3,(H,16,17). The highest BCUT2D eigenvalue weighted by Gasteiger charge is 2.35. The fourth-order valence-electron chi connectivity index (χ4n) is 2.99.